The van der Waals surface area contributed by atoms with Gasteiger partial charge >= 0.3 is 12.5 Å². The van der Waals surface area contributed by atoms with Gasteiger partial charge in [0.25, 0.3) is 15.9 Å². The Balaban J connectivity index is 2.12. The third-order valence-corrected chi connectivity index (χ3v) is 4.96. The molecule has 0 aliphatic heterocycles. The third kappa shape index (κ3) is 6.52. The van der Waals surface area contributed by atoms with Gasteiger partial charge in [-0.25, -0.2) is 18.1 Å². The molecule has 2 aromatic rings. The van der Waals surface area contributed by atoms with Crippen LogP contribution in [-0.4, -0.2) is 36.4 Å². The summed E-state index contributed by atoms with van der Waals surface area (Å²) in [6.45, 7) is -0.643. The van der Waals surface area contributed by atoms with E-state index in [-0.39, 0.29) is 0 Å². The molecule has 0 saturated carbocycles. The minimum absolute atomic E-state index is 0.518. The van der Waals surface area contributed by atoms with Crippen molar-refractivity contribution in [3.8, 4) is 5.75 Å². The molecule has 1 amide bonds. The minimum Gasteiger partial charge on any atom is -0.406 e. The van der Waals surface area contributed by atoms with Gasteiger partial charge in [0.15, 0.2) is 5.69 Å². The van der Waals surface area contributed by atoms with Crippen LogP contribution < -0.4 is 9.46 Å². The molecule has 15 heteroatoms. The summed E-state index contributed by atoms with van der Waals surface area (Å²) in [5, 5.41) is -0.518. The number of carbonyl (C=O) groups is 1. The SMILES string of the molecule is O=C(NS(=O)(=O)c1ccc(OC(F)(F)F)cc1)c1ncn(CCC(F)(F)F)c1Cl. The minimum atomic E-state index is -4.98. The lowest BCUT2D eigenvalue weighted by Crippen LogP contribution is -2.31. The average molecular weight is 466 g/mol. The normalized spacial score (nSPS) is 12.7. The Kier molecular flexibility index (Phi) is 6.37. The summed E-state index contributed by atoms with van der Waals surface area (Å²) in [4.78, 5) is 15.0. The van der Waals surface area contributed by atoms with Crippen molar-refractivity contribution in [2.45, 2.75) is 30.4 Å². The molecule has 1 heterocycles. The highest BCUT2D eigenvalue weighted by molar-refractivity contribution is 7.90. The Morgan fingerprint density at radius 1 is 1.14 bits per heavy atom. The van der Waals surface area contributed by atoms with Crippen LogP contribution in [0.4, 0.5) is 26.3 Å². The lowest BCUT2D eigenvalue weighted by atomic mass is 10.3. The quantitative estimate of drug-likeness (QED) is 0.659. The smallest absolute Gasteiger partial charge is 0.406 e. The van der Waals surface area contributed by atoms with Gasteiger partial charge in [0.05, 0.1) is 17.6 Å². The first-order valence-corrected chi connectivity index (χ1v) is 9.24. The van der Waals surface area contributed by atoms with Crippen LogP contribution in [-0.2, 0) is 16.6 Å². The topological polar surface area (TPSA) is 90.3 Å². The Morgan fingerprint density at radius 2 is 1.72 bits per heavy atom. The van der Waals surface area contributed by atoms with E-state index in [4.69, 9.17) is 11.6 Å². The van der Waals surface area contributed by atoms with E-state index in [9.17, 15) is 39.6 Å². The Hall–Kier alpha value is -2.48. The number of imidazole rings is 1. The zero-order valence-electron chi connectivity index (χ0n) is 13.9. The summed E-state index contributed by atoms with van der Waals surface area (Å²) >= 11 is 5.76. The molecule has 0 atom stereocenters. The number of aromatic nitrogens is 2. The molecule has 1 N–H and O–H groups in total. The lowest BCUT2D eigenvalue weighted by Gasteiger charge is -2.10. The van der Waals surface area contributed by atoms with Crippen LogP contribution >= 0.6 is 11.6 Å². The molecule has 0 saturated heterocycles. The number of amides is 1. The number of hydrogen-bond donors (Lipinski definition) is 1. The van der Waals surface area contributed by atoms with Crippen molar-refractivity contribution in [1.82, 2.24) is 14.3 Å². The average Bonchev–Trinajstić information content (AvgIpc) is 2.92. The highest BCUT2D eigenvalue weighted by atomic mass is 35.5. The van der Waals surface area contributed by atoms with Crippen molar-refractivity contribution in [2.24, 2.45) is 0 Å². The van der Waals surface area contributed by atoms with Crippen molar-refractivity contribution < 1.29 is 44.3 Å². The van der Waals surface area contributed by atoms with Gasteiger partial charge in [-0.3, -0.25) is 4.79 Å². The van der Waals surface area contributed by atoms with Crippen molar-refractivity contribution in [3.63, 3.8) is 0 Å². The second-order valence-corrected chi connectivity index (χ2v) is 7.44. The fraction of sp³-hybridized carbons (Fsp3) is 0.286. The van der Waals surface area contributed by atoms with E-state index < -0.39 is 62.9 Å². The summed E-state index contributed by atoms with van der Waals surface area (Å²) in [5.41, 5.74) is -0.644. The van der Waals surface area contributed by atoms with Crippen molar-refractivity contribution in [1.29, 1.82) is 0 Å². The van der Waals surface area contributed by atoms with Crippen LogP contribution in [0.1, 0.15) is 16.9 Å². The van der Waals surface area contributed by atoms with Crippen LogP contribution in [0.3, 0.4) is 0 Å². The maximum atomic E-state index is 12.3. The monoisotopic (exact) mass is 465 g/mol. The summed E-state index contributed by atoms with van der Waals surface area (Å²) in [7, 11) is -4.54. The Labute approximate surface area is 164 Å². The molecule has 7 nitrogen and oxygen atoms in total. The first-order chi connectivity index (χ1) is 13.2. The van der Waals surface area contributed by atoms with Gasteiger partial charge in [0.1, 0.15) is 10.9 Å². The lowest BCUT2D eigenvalue weighted by molar-refractivity contribution is -0.274. The summed E-state index contributed by atoms with van der Waals surface area (Å²) in [6, 6.07) is 2.93. The molecule has 0 aliphatic rings. The van der Waals surface area contributed by atoms with E-state index >= 15 is 0 Å². The Bertz CT molecular complexity index is 986. The maximum Gasteiger partial charge on any atom is 0.573 e. The second-order valence-electron chi connectivity index (χ2n) is 5.40. The maximum absolute atomic E-state index is 12.3. The standard InChI is InChI=1S/C14H10ClF6N3O4S/c15-11-10(22-7-24(11)6-5-13(16,17)18)12(25)23-29(26,27)9-3-1-8(2-4-9)28-14(19,20)21/h1-4,7H,5-6H2,(H,23,25). The van der Waals surface area contributed by atoms with Gasteiger partial charge in [0, 0.05) is 6.54 Å². The fourth-order valence-electron chi connectivity index (χ4n) is 1.97. The highest BCUT2D eigenvalue weighted by Gasteiger charge is 2.31. The molecule has 160 valence electrons. The number of rotatable bonds is 6. The fourth-order valence-corrected chi connectivity index (χ4v) is 3.19. The molecule has 1 aromatic heterocycles. The van der Waals surface area contributed by atoms with Crippen molar-refractivity contribution in [2.75, 3.05) is 0 Å². The van der Waals surface area contributed by atoms with E-state index in [1.165, 1.54) is 0 Å². The van der Waals surface area contributed by atoms with E-state index in [1.807, 2.05) is 0 Å². The molecule has 2 rings (SSSR count). The highest BCUT2D eigenvalue weighted by Crippen LogP contribution is 2.25. The third-order valence-electron chi connectivity index (χ3n) is 3.22. The van der Waals surface area contributed by atoms with Gasteiger partial charge in [0.2, 0.25) is 0 Å². The van der Waals surface area contributed by atoms with Crippen LogP contribution in [0, 0.1) is 0 Å². The first kappa shape index (κ1) is 22.8. The summed E-state index contributed by atoms with van der Waals surface area (Å²) in [5.74, 6) is -2.02. The van der Waals surface area contributed by atoms with E-state index in [0.29, 0.717) is 12.1 Å². The number of halogens is 7. The summed E-state index contributed by atoms with van der Waals surface area (Å²) in [6.07, 6.45) is -9.88. The zero-order valence-corrected chi connectivity index (χ0v) is 15.5. The zero-order chi connectivity index (χ0) is 22.0. The molecule has 0 spiro atoms. The van der Waals surface area contributed by atoms with Crippen LogP contribution in [0.5, 0.6) is 5.75 Å². The predicted molar refractivity (Wildman–Crippen MR) is 85.7 cm³/mol. The van der Waals surface area contributed by atoms with Crippen molar-refractivity contribution >= 4 is 27.5 Å². The largest absolute Gasteiger partial charge is 0.573 e. The number of carbonyl (C=O) groups excluding carboxylic acids is 1. The number of ether oxygens (including phenoxy) is 1. The first-order valence-electron chi connectivity index (χ1n) is 7.38. The molecule has 1 aromatic carbocycles. The number of nitrogens with one attached hydrogen (secondary N) is 1. The molecular weight excluding hydrogens is 456 g/mol. The number of nitrogens with zero attached hydrogens (tertiary/aromatic N) is 2. The van der Waals surface area contributed by atoms with Gasteiger partial charge in [-0.15, -0.1) is 13.2 Å². The molecule has 0 unspecified atom stereocenters. The van der Waals surface area contributed by atoms with E-state index in [0.717, 1.165) is 23.0 Å². The number of benzene rings is 1. The van der Waals surface area contributed by atoms with Crippen molar-refractivity contribution in [3.05, 3.63) is 41.4 Å². The van der Waals surface area contributed by atoms with Crippen LogP contribution in [0.15, 0.2) is 35.5 Å². The van der Waals surface area contributed by atoms with Crippen LogP contribution in [0.2, 0.25) is 5.15 Å². The van der Waals surface area contributed by atoms with Gasteiger partial charge in [-0.1, -0.05) is 11.6 Å². The van der Waals surface area contributed by atoms with E-state index in [2.05, 4.69) is 9.72 Å². The number of hydrogen-bond acceptors (Lipinski definition) is 5. The number of aryl methyl sites for hydroxylation is 1. The number of sulfonamides is 1. The Morgan fingerprint density at radius 3 is 2.24 bits per heavy atom. The second kappa shape index (κ2) is 8.10. The number of alkyl halides is 6. The molecule has 0 radical (unpaired) electrons. The van der Waals surface area contributed by atoms with Crippen LogP contribution in [0.25, 0.3) is 0 Å². The predicted octanol–water partition coefficient (Wildman–Crippen LogP) is 3.51. The molecule has 0 bridgehead atoms. The van der Waals surface area contributed by atoms with Gasteiger partial charge < -0.3 is 9.30 Å². The molecular formula is C14H10ClF6N3O4S. The summed E-state index contributed by atoms with van der Waals surface area (Å²) < 4.78 is 103. The molecule has 0 fully saturated rings. The molecule has 0 aliphatic carbocycles. The van der Waals surface area contributed by atoms with E-state index in [1.54, 1.807) is 4.72 Å². The van der Waals surface area contributed by atoms with Gasteiger partial charge in [-0.2, -0.15) is 13.2 Å². The molecule has 29 heavy (non-hydrogen) atoms. The van der Waals surface area contributed by atoms with Gasteiger partial charge in [-0.05, 0) is 24.3 Å².